The predicted octanol–water partition coefficient (Wildman–Crippen LogP) is 11.1. The Morgan fingerprint density at radius 1 is 0.755 bits per heavy atom. The van der Waals surface area contributed by atoms with Gasteiger partial charge in [-0.05, 0) is 37.3 Å². The number of benzene rings is 3. The van der Waals surface area contributed by atoms with Crippen molar-refractivity contribution in [2.24, 2.45) is 5.92 Å². The van der Waals surface area contributed by atoms with Gasteiger partial charge in [0.25, 0.3) is 0 Å². The van der Waals surface area contributed by atoms with Gasteiger partial charge in [-0.15, -0.1) is 6.58 Å². The summed E-state index contributed by atoms with van der Waals surface area (Å²) in [6, 6.07) is 32.3. The Bertz CT molecular complexity index is 1390. The number of hydrogen-bond acceptors (Lipinski definition) is 4. The lowest BCUT2D eigenvalue weighted by atomic mass is 10.4. The molecule has 4 nitrogen and oxygen atoms in total. The van der Waals surface area contributed by atoms with Gasteiger partial charge in [-0.1, -0.05) is 191 Å². The van der Waals surface area contributed by atoms with E-state index in [-0.39, 0.29) is 6.61 Å². The van der Waals surface area contributed by atoms with E-state index in [2.05, 4.69) is 144 Å². The number of allylic oxidation sites excluding steroid dienone is 1. The van der Waals surface area contributed by atoms with Gasteiger partial charge >= 0.3 is 7.82 Å². The van der Waals surface area contributed by atoms with Crippen LogP contribution in [0.25, 0.3) is 0 Å². The van der Waals surface area contributed by atoms with Crippen molar-refractivity contribution in [3.63, 3.8) is 0 Å². The van der Waals surface area contributed by atoms with Crippen molar-refractivity contribution in [3.8, 4) is 0 Å². The Labute approximate surface area is 304 Å². The van der Waals surface area contributed by atoms with E-state index in [0.717, 1.165) is 11.5 Å². The van der Waals surface area contributed by atoms with Crippen molar-refractivity contribution in [1.29, 1.82) is 0 Å². The van der Waals surface area contributed by atoms with Crippen LogP contribution in [0.4, 0.5) is 0 Å². The van der Waals surface area contributed by atoms with Gasteiger partial charge < -0.3 is 0 Å². The SMILES string of the molecule is C=C[C@H](C)[Si](C)(C)c1ccccc1.CC.CCOP(=O)(OCC)OC/C=C/[Si](C)(C)c1ccccc1.C[C@H]1C[C@H]1[Si](C)(C)c1ccccc1. The first kappa shape index (κ1) is 44.9. The molecule has 0 saturated heterocycles. The summed E-state index contributed by atoms with van der Waals surface area (Å²) in [5.41, 5.74) is 3.84. The number of rotatable bonds is 14. The molecule has 1 saturated carbocycles. The summed E-state index contributed by atoms with van der Waals surface area (Å²) in [6.45, 7) is 31.2. The lowest BCUT2D eigenvalue weighted by Crippen LogP contribution is -2.44. The van der Waals surface area contributed by atoms with Gasteiger partial charge in [-0.25, -0.2) is 4.57 Å². The van der Waals surface area contributed by atoms with Gasteiger partial charge in [0, 0.05) is 0 Å². The third-order valence-corrected chi connectivity index (χ3v) is 22.8. The second kappa shape index (κ2) is 22.0. The molecule has 1 aliphatic carbocycles. The van der Waals surface area contributed by atoms with Crippen LogP contribution >= 0.6 is 7.82 Å². The fourth-order valence-electron chi connectivity index (χ4n) is 5.70. The Morgan fingerprint density at radius 2 is 1.16 bits per heavy atom. The summed E-state index contributed by atoms with van der Waals surface area (Å²) in [5.74, 6) is 0.988. The standard InChI is InChI=1S/C15H25O4PSi.2C12H18Si.C2H6/c1-5-17-20(16,18-6-2)19-13-10-14-21(3,4)15-11-8-7-9-12-15;1-10-9-12(10)13(2,3)11-7-5-4-6-8-11;1-5-11(2)13(3,4)12-9-7-6-8-10-12;1-2/h7-12,14H,5-6,13H2,1-4H3;4-8,10,12H,9H2,1-3H3;5-11H,1H2,2-4H3;1-2H3/b14-10+;;;/t;10-,12+;11-;/m.00./s1. The summed E-state index contributed by atoms with van der Waals surface area (Å²) in [4.78, 5) is 0. The molecule has 8 heteroatoms. The molecule has 4 rings (SSSR count). The van der Waals surface area contributed by atoms with Crippen LogP contribution in [0, 0.1) is 5.92 Å². The van der Waals surface area contributed by atoms with Crippen molar-refractivity contribution in [1.82, 2.24) is 0 Å². The number of phosphoric ester groups is 1. The highest BCUT2D eigenvalue weighted by Gasteiger charge is 2.46. The summed E-state index contributed by atoms with van der Waals surface area (Å²) in [5, 5.41) is 4.49. The third kappa shape index (κ3) is 15.0. The molecule has 3 aromatic rings. The average molecular weight is 739 g/mol. The topological polar surface area (TPSA) is 44.8 Å². The number of phosphoric acid groups is 1. The average Bonchev–Trinajstić information content (AvgIpc) is 3.86. The predicted molar refractivity (Wildman–Crippen MR) is 225 cm³/mol. The van der Waals surface area contributed by atoms with Crippen LogP contribution in [0.5, 0.6) is 0 Å². The molecule has 3 aromatic carbocycles. The molecule has 0 spiro atoms. The maximum atomic E-state index is 12.1. The van der Waals surface area contributed by atoms with Crippen LogP contribution in [0.1, 0.15) is 48.0 Å². The summed E-state index contributed by atoms with van der Waals surface area (Å²) in [6.07, 6.45) is 5.46. The highest BCUT2D eigenvalue weighted by Crippen LogP contribution is 2.51. The van der Waals surface area contributed by atoms with Crippen molar-refractivity contribution in [2.45, 2.75) is 98.3 Å². The van der Waals surface area contributed by atoms with Gasteiger partial charge in [0.15, 0.2) is 0 Å². The zero-order chi connectivity index (χ0) is 37.1. The van der Waals surface area contributed by atoms with E-state index in [1.165, 1.54) is 16.8 Å². The summed E-state index contributed by atoms with van der Waals surface area (Å²) >= 11 is 0. The molecule has 0 radical (unpaired) electrons. The van der Waals surface area contributed by atoms with Crippen molar-refractivity contribution < 1.29 is 18.1 Å². The maximum absolute atomic E-state index is 12.1. The highest BCUT2D eigenvalue weighted by atomic mass is 31.2. The first-order chi connectivity index (χ1) is 23.1. The first-order valence-electron chi connectivity index (χ1n) is 18.1. The van der Waals surface area contributed by atoms with Crippen LogP contribution in [0.3, 0.4) is 0 Å². The zero-order valence-electron chi connectivity index (χ0n) is 32.7. The third-order valence-electron chi connectivity index (χ3n) is 9.52. The molecule has 1 fully saturated rings. The Morgan fingerprint density at radius 3 is 1.55 bits per heavy atom. The second-order valence-electron chi connectivity index (χ2n) is 14.1. The molecule has 49 heavy (non-hydrogen) atoms. The van der Waals surface area contributed by atoms with Crippen LogP contribution in [0.15, 0.2) is 115 Å². The number of hydrogen-bond donors (Lipinski definition) is 0. The van der Waals surface area contributed by atoms with Gasteiger partial charge in [-0.3, -0.25) is 13.6 Å². The molecule has 0 bridgehead atoms. The largest absolute Gasteiger partial charge is 0.475 e. The summed E-state index contributed by atoms with van der Waals surface area (Å²) in [7, 11) is -7.46. The molecular formula is C41H67O4PSi3. The highest BCUT2D eigenvalue weighted by molar-refractivity contribution is 7.48. The molecule has 0 aliphatic heterocycles. The Balaban J connectivity index is 0.000000373. The van der Waals surface area contributed by atoms with Crippen LogP contribution in [0.2, 0.25) is 50.4 Å². The molecule has 0 N–H and O–H groups in total. The molecule has 0 aromatic heterocycles. The van der Waals surface area contributed by atoms with Gasteiger partial charge in [0.2, 0.25) is 0 Å². The Hall–Kier alpha value is -2.10. The van der Waals surface area contributed by atoms with Gasteiger partial charge in [-0.2, -0.15) is 0 Å². The van der Waals surface area contributed by atoms with Crippen LogP contribution in [-0.4, -0.2) is 44.0 Å². The summed E-state index contributed by atoms with van der Waals surface area (Å²) < 4.78 is 27.6. The second-order valence-corrected chi connectivity index (χ2v) is 29.8. The molecule has 0 unspecified atom stereocenters. The van der Waals surface area contributed by atoms with E-state index >= 15 is 0 Å². The lowest BCUT2D eigenvalue weighted by molar-refractivity contribution is 0.131. The van der Waals surface area contributed by atoms with E-state index < -0.39 is 32.0 Å². The molecule has 272 valence electrons. The molecule has 1 aliphatic rings. The van der Waals surface area contributed by atoms with Crippen molar-refractivity contribution >= 4 is 47.6 Å². The first-order valence-corrected chi connectivity index (χ1v) is 28.8. The van der Waals surface area contributed by atoms with E-state index in [9.17, 15) is 4.57 Å². The lowest BCUT2D eigenvalue weighted by Gasteiger charge is -2.27. The Kier molecular flexibility index (Phi) is 20.1. The van der Waals surface area contributed by atoms with Crippen molar-refractivity contribution in [2.75, 3.05) is 19.8 Å². The fourth-order valence-corrected chi connectivity index (χ4v) is 14.8. The smallest absolute Gasteiger partial charge is 0.287 e. The molecular weight excluding hydrogens is 672 g/mol. The maximum Gasteiger partial charge on any atom is 0.475 e. The van der Waals surface area contributed by atoms with E-state index in [1.54, 1.807) is 19.0 Å². The molecule has 0 heterocycles. The monoisotopic (exact) mass is 738 g/mol. The van der Waals surface area contributed by atoms with Crippen LogP contribution < -0.4 is 15.6 Å². The minimum absolute atomic E-state index is 0.223. The fraction of sp³-hybridized carbons (Fsp3) is 0.463. The molecule has 0 amide bonds. The minimum atomic E-state index is -3.41. The van der Waals surface area contributed by atoms with E-state index in [1.807, 2.05) is 38.1 Å². The minimum Gasteiger partial charge on any atom is -0.287 e. The van der Waals surface area contributed by atoms with E-state index in [4.69, 9.17) is 13.6 Å². The van der Waals surface area contributed by atoms with Gasteiger partial charge in [0.05, 0.1) is 36.0 Å². The van der Waals surface area contributed by atoms with Gasteiger partial charge in [0.1, 0.15) is 8.07 Å². The van der Waals surface area contributed by atoms with Crippen molar-refractivity contribution in [3.05, 3.63) is 115 Å². The normalized spacial score (nSPS) is 16.6. The van der Waals surface area contributed by atoms with Crippen LogP contribution in [-0.2, 0) is 18.1 Å². The molecule has 3 atom stereocenters. The zero-order valence-corrected chi connectivity index (χ0v) is 36.6. The quantitative estimate of drug-likeness (QED) is 0.0938. The van der Waals surface area contributed by atoms with E-state index in [0.29, 0.717) is 18.8 Å².